The van der Waals surface area contributed by atoms with Crippen LogP contribution < -0.4 is 14.4 Å². The maximum absolute atomic E-state index is 11.4. The number of anilines is 1. The van der Waals surface area contributed by atoms with Crippen molar-refractivity contribution in [2.45, 2.75) is 32.2 Å². The van der Waals surface area contributed by atoms with Crippen LogP contribution in [0.5, 0.6) is 11.5 Å². The van der Waals surface area contributed by atoms with Crippen LogP contribution in [0, 0.1) is 0 Å². The summed E-state index contributed by atoms with van der Waals surface area (Å²) in [4.78, 5) is 22.4. The van der Waals surface area contributed by atoms with Crippen LogP contribution in [0.25, 0.3) is 0 Å². The Balaban J connectivity index is 1.94. The zero-order valence-electron chi connectivity index (χ0n) is 15.2. The van der Waals surface area contributed by atoms with Crippen LogP contribution in [0.4, 0.5) is 5.82 Å². The van der Waals surface area contributed by atoms with Gasteiger partial charge in [-0.2, -0.15) is 0 Å². The molecule has 1 fully saturated rings. The fourth-order valence-electron chi connectivity index (χ4n) is 2.82. The average molecular weight is 376 g/mol. The van der Waals surface area contributed by atoms with E-state index in [1.54, 1.807) is 14.2 Å². The Bertz CT molecular complexity index is 809. The lowest BCUT2D eigenvalue weighted by molar-refractivity contribution is 0.111. The number of benzene rings is 1. The highest BCUT2D eigenvalue weighted by Gasteiger charge is 2.29. The van der Waals surface area contributed by atoms with Gasteiger partial charge >= 0.3 is 0 Å². The highest BCUT2D eigenvalue weighted by molar-refractivity contribution is 6.35. The number of methoxy groups -OCH3 is 2. The van der Waals surface area contributed by atoms with E-state index in [9.17, 15) is 4.79 Å². The second-order valence-corrected chi connectivity index (χ2v) is 6.58. The Hall–Kier alpha value is -2.34. The molecule has 3 rings (SSSR count). The van der Waals surface area contributed by atoms with Crippen molar-refractivity contribution in [1.82, 2.24) is 9.97 Å². The predicted molar refractivity (Wildman–Crippen MR) is 101 cm³/mol. The van der Waals surface area contributed by atoms with Crippen molar-refractivity contribution < 1.29 is 14.3 Å². The van der Waals surface area contributed by atoms with E-state index < -0.39 is 0 Å². The Morgan fingerprint density at radius 2 is 1.96 bits per heavy atom. The molecule has 1 aromatic carbocycles. The third-order valence-electron chi connectivity index (χ3n) is 4.43. The molecule has 0 saturated heterocycles. The van der Waals surface area contributed by atoms with Crippen molar-refractivity contribution in [3.63, 3.8) is 0 Å². The van der Waals surface area contributed by atoms with Crippen LogP contribution in [0.15, 0.2) is 18.2 Å². The second kappa shape index (κ2) is 7.91. The first-order valence-electron chi connectivity index (χ1n) is 8.59. The van der Waals surface area contributed by atoms with E-state index >= 15 is 0 Å². The molecule has 1 saturated carbocycles. The van der Waals surface area contributed by atoms with Crippen LogP contribution in [0.1, 0.15) is 47.6 Å². The molecule has 7 heteroatoms. The van der Waals surface area contributed by atoms with E-state index in [1.165, 1.54) is 0 Å². The van der Waals surface area contributed by atoms with Gasteiger partial charge in [-0.1, -0.05) is 17.7 Å². The van der Waals surface area contributed by atoms with E-state index in [0.717, 1.165) is 18.4 Å². The average Bonchev–Trinajstić information content (AvgIpc) is 3.51. The van der Waals surface area contributed by atoms with Crippen molar-refractivity contribution in [3.8, 4) is 11.5 Å². The first-order chi connectivity index (χ1) is 12.6. The molecule has 0 bridgehead atoms. The molecular weight excluding hydrogens is 354 g/mol. The number of carbonyl (C=O) groups is 1. The van der Waals surface area contributed by atoms with Gasteiger partial charge in [0.1, 0.15) is 16.5 Å². The summed E-state index contributed by atoms with van der Waals surface area (Å²) in [5, 5.41) is 0.298. The van der Waals surface area contributed by atoms with Gasteiger partial charge in [-0.15, -0.1) is 0 Å². The minimum absolute atomic E-state index is 0.254. The van der Waals surface area contributed by atoms with Gasteiger partial charge in [-0.3, -0.25) is 4.79 Å². The molecule has 0 unspecified atom stereocenters. The highest BCUT2D eigenvalue weighted by atomic mass is 35.5. The van der Waals surface area contributed by atoms with Crippen LogP contribution >= 0.6 is 11.6 Å². The maximum Gasteiger partial charge on any atom is 0.170 e. The number of hydrogen-bond donors (Lipinski definition) is 0. The number of aldehydes is 1. The Morgan fingerprint density at radius 1 is 1.23 bits per heavy atom. The lowest BCUT2D eigenvalue weighted by Gasteiger charge is -2.24. The summed E-state index contributed by atoms with van der Waals surface area (Å²) in [6, 6.07) is 5.77. The van der Waals surface area contributed by atoms with Crippen molar-refractivity contribution in [2.24, 2.45) is 0 Å². The smallest absolute Gasteiger partial charge is 0.170 e. The van der Waals surface area contributed by atoms with Crippen LogP contribution in [0.3, 0.4) is 0 Å². The molecule has 1 aromatic heterocycles. The molecule has 0 aliphatic heterocycles. The summed E-state index contributed by atoms with van der Waals surface area (Å²) in [7, 11) is 3.22. The molecule has 0 radical (unpaired) electrons. The second-order valence-electron chi connectivity index (χ2n) is 6.20. The lowest BCUT2D eigenvalue weighted by Crippen LogP contribution is -2.24. The third kappa shape index (κ3) is 3.75. The Morgan fingerprint density at radius 3 is 2.54 bits per heavy atom. The molecule has 138 valence electrons. The number of ether oxygens (including phenoxy) is 2. The fourth-order valence-corrected chi connectivity index (χ4v) is 3.07. The summed E-state index contributed by atoms with van der Waals surface area (Å²) in [6.45, 7) is 3.29. The molecule has 26 heavy (non-hydrogen) atoms. The molecule has 0 atom stereocenters. The first kappa shape index (κ1) is 18.5. The van der Waals surface area contributed by atoms with E-state index in [2.05, 4.69) is 9.97 Å². The molecule has 1 heterocycles. The van der Waals surface area contributed by atoms with Gasteiger partial charge < -0.3 is 14.4 Å². The van der Waals surface area contributed by atoms with E-state index in [4.69, 9.17) is 21.1 Å². The van der Waals surface area contributed by atoms with E-state index in [0.29, 0.717) is 53.5 Å². The van der Waals surface area contributed by atoms with Crippen molar-refractivity contribution in [3.05, 3.63) is 40.3 Å². The molecule has 0 N–H and O–H groups in total. The van der Waals surface area contributed by atoms with E-state index in [1.807, 2.05) is 30.0 Å². The van der Waals surface area contributed by atoms with Gasteiger partial charge in [-0.05, 0) is 37.5 Å². The number of halogens is 1. The lowest BCUT2D eigenvalue weighted by atomic mass is 10.2. The van der Waals surface area contributed by atoms with Gasteiger partial charge in [0.05, 0.1) is 14.2 Å². The first-order valence-corrected chi connectivity index (χ1v) is 8.97. The molecule has 1 aliphatic carbocycles. The number of nitrogens with zero attached hydrogens (tertiary/aromatic N) is 3. The SMILES string of the molecule is CCN(Cc1ccc(OC)c(OC)c1)c1nc(C2CC2)nc(C=O)c1Cl. The van der Waals surface area contributed by atoms with Gasteiger partial charge in [-0.25, -0.2) is 9.97 Å². The van der Waals surface area contributed by atoms with Crippen LogP contribution in [-0.2, 0) is 6.54 Å². The zero-order chi connectivity index (χ0) is 18.7. The quantitative estimate of drug-likeness (QED) is 0.653. The molecule has 0 amide bonds. The summed E-state index contributed by atoms with van der Waals surface area (Å²) in [5.74, 6) is 2.99. The number of aromatic nitrogens is 2. The van der Waals surface area contributed by atoms with Crippen molar-refractivity contribution >= 4 is 23.7 Å². The zero-order valence-corrected chi connectivity index (χ0v) is 15.9. The third-order valence-corrected chi connectivity index (χ3v) is 4.80. The summed E-state index contributed by atoms with van der Waals surface area (Å²) >= 11 is 6.41. The molecule has 6 nitrogen and oxygen atoms in total. The van der Waals surface area contributed by atoms with Gasteiger partial charge in [0.15, 0.2) is 23.6 Å². The maximum atomic E-state index is 11.4. The van der Waals surface area contributed by atoms with E-state index in [-0.39, 0.29) is 5.69 Å². The minimum Gasteiger partial charge on any atom is -0.493 e. The number of carbonyl (C=O) groups excluding carboxylic acids is 1. The highest BCUT2D eigenvalue weighted by Crippen LogP contribution is 2.40. The Labute approximate surface area is 158 Å². The molecule has 0 spiro atoms. The van der Waals surface area contributed by atoms with Gasteiger partial charge in [0, 0.05) is 19.0 Å². The van der Waals surface area contributed by atoms with Gasteiger partial charge in [0.25, 0.3) is 0 Å². The molecular formula is C19H22ClN3O3. The largest absolute Gasteiger partial charge is 0.493 e. The standard InChI is InChI=1S/C19H22ClN3O3/c1-4-23(10-12-5-8-15(25-2)16(9-12)26-3)19-17(20)14(11-24)21-18(22-19)13-6-7-13/h5,8-9,11,13H,4,6-7,10H2,1-3H3. The summed E-state index contributed by atoms with van der Waals surface area (Å²) in [5.41, 5.74) is 1.28. The normalized spacial score (nSPS) is 13.4. The monoisotopic (exact) mass is 375 g/mol. The summed E-state index contributed by atoms with van der Waals surface area (Å²) < 4.78 is 10.7. The fraction of sp³-hybridized carbons (Fsp3) is 0.421. The van der Waals surface area contributed by atoms with Crippen molar-refractivity contribution in [1.29, 1.82) is 0 Å². The number of hydrogen-bond acceptors (Lipinski definition) is 6. The summed E-state index contributed by atoms with van der Waals surface area (Å²) in [6.07, 6.45) is 2.81. The van der Waals surface area contributed by atoms with Gasteiger partial charge in [0.2, 0.25) is 0 Å². The molecule has 1 aliphatic rings. The molecule has 2 aromatic rings. The topological polar surface area (TPSA) is 64.6 Å². The van der Waals surface area contributed by atoms with Crippen LogP contribution in [0.2, 0.25) is 5.02 Å². The minimum atomic E-state index is 0.254. The van der Waals surface area contributed by atoms with Crippen molar-refractivity contribution in [2.75, 3.05) is 25.7 Å². The Kier molecular flexibility index (Phi) is 5.61. The predicted octanol–water partition coefficient (Wildman–Crippen LogP) is 3.86. The number of rotatable bonds is 8. The van der Waals surface area contributed by atoms with Crippen LogP contribution in [-0.4, -0.2) is 37.0 Å².